The van der Waals surface area contributed by atoms with Gasteiger partial charge in [0.05, 0.1) is 5.39 Å². The van der Waals surface area contributed by atoms with E-state index in [1.54, 1.807) is 0 Å². The summed E-state index contributed by atoms with van der Waals surface area (Å²) in [4.78, 5) is 2.08. The van der Waals surface area contributed by atoms with E-state index in [1.165, 1.54) is 5.69 Å². The van der Waals surface area contributed by atoms with Crippen LogP contribution in [0, 0.1) is 5.39 Å². The molecule has 0 spiro atoms. The van der Waals surface area contributed by atoms with Crippen molar-refractivity contribution in [3.05, 3.63) is 30.3 Å². The molecule has 1 rings (SSSR count). The summed E-state index contributed by atoms with van der Waals surface area (Å²) in [6, 6.07) is 10.3. The van der Waals surface area contributed by atoms with Crippen molar-refractivity contribution in [1.29, 1.82) is 5.39 Å². The van der Waals surface area contributed by atoms with E-state index in [2.05, 4.69) is 17.0 Å². The molecular weight excluding hydrogens is 225 g/mol. The molecule has 0 unspecified atom stereocenters. The van der Waals surface area contributed by atoms with Crippen LogP contribution in [0.25, 0.3) is 0 Å². The minimum Gasteiger partial charge on any atom is -0.418 e. The summed E-state index contributed by atoms with van der Waals surface area (Å²) in [5.41, 5.74) is 1.25. The molecule has 0 atom stereocenters. The number of anilines is 1. The lowest BCUT2D eigenvalue weighted by Gasteiger charge is -2.10. The fraction of sp³-hybridized carbons (Fsp3) is 0.250. The van der Waals surface area contributed by atoms with Crippen molar-refractivity contribution in [1.82, 2.24) is 0 Å². The fourth-order valence-corrected chi connectivity index (χ4v) is 0.726. The van der Waals surface area contributed by atoms with Crippen LogP contribution < -0.4 is 10.3 Å². The van der Waals surface area contributed by atoms with Gasteiger partial charge in [-0.3, -0.25) is 0 Å². The highest BCUT2D eigenvalue weighted by Gasteiger charge is 2.20. The van der Waals surface area contributed by atoms with Crippen LogP contribution >= 0.6 is 0 Å². The third-order valence-corrected chi connectivity index (χ3v) is 1.27. The second kappa shape index (κ2) is 8.53. The predicted octanol–water partition coefficient (Wildman–Crippen LogP) is 1.33. The van der Waals surface area contributed by atoms with E-state index < -0.39 is 7.25 Å². The number of diazo groups is 1. The number of benzene rings is 1. The molecule has 0 aromatic heterocycles. The highest BCUT2D eigenvalue weighted by Crippen LogP contribution is 2.07. The summed E-state index contributed by atoms with van der Waals surface area (Å²) < 4.78 is 39.0. The van der Waals surface area contributed by atoms with Gasteiger partial charge in [-0.1, -0.05) is 18.2 Å². The van der Waals surface area contributed by atoms with E-state index in [4.69, 9.17) is 10.8 Å². The molecule has 0 aliphatic heterocycles. The molecule has 8 heteroatoms. The summed E-state index contributed by atoms with van der Waals surface area (Å²) >= 11 is 0. The largest absolute Gasteiger partial charge is 0.673 e. The Morgan fingerprint density at radius 1 is 1.00 bits per heavy atom. The molecule has 16 heavy (non-hydrogen) atoms. The third kappa shape index (κ3) is 14.7. The van der Waals surface area contributed by atoms with Crippen LogP contribution in [-0.2, 0) is 0 Å². The van der Waals surface area contributed by atoms with Crippen LogP contribution in [0.1, 0.15) is 0 Å². The maximum Gasteiger partial charge on any atom is 0.673 e. The Balaban J connectivity index is 0. The first-order valence-electron chi connectivity index (χ1n) is 4.13. The van der Waals surface area contributed by atoms with Gasteiger partial charge in [0.15, 0.2) is 0 Å². The van der Waals surface area contributed by atoms with Gasteiger partial charge >= 0.3 is 7.25 Å². The molecular formula is C8H12BF4N3. The number of halogens is 4. The van der Waals surface area contributed by atoms with Crippen molar-refractivity contribution in [2.75, 3.05) is 19.0 Å². The van der Waals surface area contributed by atoms with Crippen molar-refractivity contribution < 1.29 is 22.7 Å². The highest BCUT2D eigenvalue weighted by atomic mass is 19.5. The Morgan fingerprint density at radius 2 is 1.31 bits per heavy atom. The van der Waals surface area contributed by atoms with E-state index in [0.717, 1.165) is 0 Å². The Bertz CT molecular complexity index is 280. The van der Waals surface area contributed by atoms with Crippen LogP contribution in [-0.4, -0.2) is 21.3 Å². The topological polar surface area (TPSA) is 50.8 Å². The zero-order valence-electron chi connectivity index (χ0n) is 8.87. The Kier molecular flexibility index (Phi) is 8.87. The van der Waals surface area contributed by atoms with Gasteiger partial charge in [-0.25, -0.2) is 0 Å². The third-order valence-electron chi connectivity index (χ3n) is 1.27. The van der Waals surface area contributed by atoms with E-state index in [9.17, 15) is 17.3 Å². The quantitative estimate of drug-likeness (QED) is 0.455. The summed E-state index contributed by atoms with van der Waals surface area (Å²) in [7, 11) is -1.93. The molecule has 0 aliphatic rings. The Labute approximate surface area is 91.2 Å². The van der Waals surface area contributed by atoms with Crippen molar-refractivity contribution in [3.63, 3.8) is 0 Å². The van der Waals surface area contributed by atoms with Gasteiger partial charge in [0.25, 0.3) is 0 Å². The first kappa shape index (κ1) is 16.6. The predicted molar refractivity (Wildman–Crippen MR) is 53.6 cm³/mol. The Morgan fingerprint density at radius 3 is 1.50 bits per heavy atom. The maximum atomic E-state index is 9.75. The molecule has 1 N–H and O–H groups in total. The van der Waals surface area contributed by atoms with E-state index in [1.807, 2.05) is 32.3 Å². The number of nitrogens with one attached hydrogen (secondary N) is 1. The SMILES string of the molecule is CN(C)c1ccccc1.F[B-](F)(F)F.N#[NH+]. The van der Waals surface area contributed by atoms with Gasteiger partial charge in [0.1, 0.15) is 0 Å². The van der Waals surface area contributed by atoms with Gasteiger partial charge in [0.2, 0.25) is 5.39 Å². The average molecular weight is 237 g/mol. The van der Waals surface area contributed by atoms with Gasteiger partial charge in [-0.05, 0) is 12.1 Å². The highest BCUT2D eigenvalue weighted by molar-refractivity contribution is 6.50. The van der Waals surface area contributed by atoms with Crippen molar-refractivity contribution >= 4 is 12.9 Å². The standard InChI is InChI=1S/C8H11N.BF4.N2/c1-9(2)8-6-4-3-5-7-8;2-1(3,4)5;1-2/h3-7H,1-2H3;;/q;-1;/p+1. The lowest BCUT2D eigenvalue weighted by atomic mass is 10.3. The average Bonchev–Trinajstić information content (AvgIpc) is 2.20. The number of hydrogen-bond donors (Lipinski definition) is 1. The Hall–Kier alpha value is -1.78. The molecule has 0 aliphatic carbocycles. The van der Waals surface area contributed by atoms with Crippen LogP contribution in [0.3, 0.4) is 0 Å². The first-order chi connectivity index (χ1) is 7.30. The van der Waals surface area contributed by atoms with Crippen molar-refractivity contribution in [2.45, 2.75) is 0 Å². The zero-order valence-corrected chi connectivity index (χ0v) is 8.87. The van der Waals surface area contributed by atoms with Gasteiger partial charge in [-0.15, -0.1) is 0 Å². The molecule has 0 saturated heterocycles. The van der Waals surface area contributed by atoms with Crippen molar-refractivity contribution in [3.8, 4) is 0 Å². The van der Waals surface area contributed by atoms with Gasteiger partial charge < -0.3 is 22.2 Å². The van der Waals surface area contributed by atoms with Crippen LogP contribution in [0.2, 0.25) is 0 Å². The van der Waals surface area contributed by atoms with Gasteiger partial charge in [-0.2, -0.15) is 0 Å². The smallest absolute Gasteiger partial charge is 0.418 e. The van der Waals surface area contributed by atoms with Crippen molar-refractivity contribution in [2.24, 2.45) is 0 Å². The molecule has 1 aromatic carbocycles. The fourth-order valence-electron chi connectivity index (χ4n) is 0.726. The molecule has 0 amide bonds. The first-order valence-corrected chi connectivity index (χ1v) is 4.13. The minimum atomic E-state index is -6.00. The summed E-state index contributed by atoms with van der Waals surface area (Å²) in [5.74, 6) is 0. The molecule has 0 radical (unpaired) electrons. The van der Waals surface area contributed by atoms with Crippen LogP contribution in [0.15, 0.2) is 30.3 Å². The molecule has 0 bridgehead atoms. The molecule has 3 nitrogen and oxygen atoms in total. The maximum absolute atomic E-state index is 9.75. The van der Waals surface area contributed by atoms with Crippen LogP contribution in [0.4, 0.5) is 23.0 Å². The molecule has 90 valence electrons. The lowest BCUT2D eigenvalue weighted by Crippen LogP contribution is -2.11. The number of para-hydroxylation sites is 1. The zero-order chi connectivity index (χ0) is 13.2. The summed E-state index contributed by atoms with van der Waals surface area (Å²) in [6.45, 7) is 0. The summed E-state index contributed by atoms with van der Waals surface area (Å²) in [5, 5.41) is 11.0. The lowest BCUT2D eigenvalue weighted by molar-refractivity contribution is -0.175. The van der Waals surface area contributed by atoms with E-state index >= 15 is 0 Å². The second-order valence-electron chi connectivity index (χ2n) is 2.72. The van der Waals surface area contributed by atoms with E-state index in [0.29, 0.717) is 0 Å². The van der Waals surface area contributed by atoms with Crippen LogP contribution in [0.5, 0.6) is 0 Å². The summed E-state index contributed by atoms with van der Waals surface area (Å²) in [6.07, 6.45) is 0. The molecule has 0 saturated carbocycles. The molecule has 0 heterocycles. The normalized spacial score (nSPS) is 9.00. The van der Waals surface area contributed by atoms with E-state index in [-0.39, 0.29) is 0 Å². The molecule has 0 fully saturated rings. The van der Waals surface area contributed by atoms with Gasteiger partial charge in [0, 0.05) is 19.8 Å². The number of nitrogens with zero attached hydrogens (tertiary/aromatic N) is 2. The molecule has 1 aromatic rings. The monoisotopic (exact) mass is 237 g/mol. The number of rotatable bonds is 1. The number of hydrogen-bond acceptors (Lipinski definition) is 2. The minimum absolute atomic E-state index is 1.25. The second-order valence-corrected chi connectivity index (χ2v) is 2.72.